The van der Waals surface area contributed by atoms with Gasteiger partial charge in [-0.25, -0.2) is 4.98 Å². The fraction of sp³-hybridized carbons (Fsp3) is 0.250. The molecule has 1 fully saturated rings. The van der Waals surface area contributed by atoms with E-state index in [1.807, 2.05) is 41.3 Å². The standard InChI is InChI=1S/C16H16BrN3O/c17-13-5-8-15(19-11-13)18-10-12-3-6-14(7-4-12)20-9-1-2-16(20)21/h3-8,11H,1-2,9-10H2,(H,18,19). The number of hydrogen-bond donors (Lipinski definition) is 1. The average Bonchev–Trinajstić information content (AvgIpc) is 2.93. The van der Waals surface area contributed by atoms with Crippen LogP contribution in [-0.2, 0) is 11.3 Å². The van der Waals surface area contributed by atoms with E-state index in [0.29, 0.717) is 13.0 Å². The van der Waals surface area contributed by atoms with Crippen molar-refractivity contribution >= 4 is 33.3 Å². The van der Waals surface area contributed by atoms with Crippen LogP contribution >= 0.6 is 15.9 Å². The van der Waals surface area contributed by atoms with E-state index in [-0.39, 0.29) is 5.91 Å². The van der Waals surface area contributed by atoms with Crippen molar-refractivity contribution in [2.75, 3.05) is 16.8 Å². The summed E-state index contributed by atoms with van der Waals surface area (Å²) in [5.41, 5.74) is 2.15. The lowest BCUT2D eigenvalue weighted by atomic mass is 10.2. The number of benzene rings is 1. The van der Waals surface area contributed by atoms with Crippen LogP contribution in [0.15, 0.2) is 47.1 Å². The highest BCUT2D eigenvalue weighted by Gasteiger charge is 2.21. The fourth-order valence-electron chi connectivity index (χ4n) is 2.39. The van der Waals surface area contributed by atoms with Gasteiger partial charge in [0.05, 0.1) is 0 Å². The molecule has 1 aromatic heterocycles. The maximum Gasteiger partial charge on any atom is 0.227 e. The number of pyridine rings is 1. The minimum atomic E-state index is 0.222. The largest absolute Gasteiger partial charge is 0.366 e. The van der Waals surface area contributed by atoms with Crippen LogP contribution in [0.3, 0.4) is 0 Å². The van der Waals surface area contributed by atoms with Gasteiger partial charge in [-0.2, -0.15) is 0 Å². The van der Waals surface area contributed by atoms with Crippen molar-refractivity contribution in [2.45, 2.75) is 19.4 Å². The van der Waals surface area contributed by atoms with E-state index in [9.17, 15) is 4.79 Å². The second-order valence-electron chi connectivity index (χ2n) is 5.03. The minimum absolute atomic E-state index is 0.222. The molecule has 0 unspecified atom stereocenters. The highest BCUT2D eigenvalue weighted by atomic mass is 79.9. The van der Waals surface area contributed by atoms with Gasteiger partial charge in [-0.05, 0) is 52.2 Å². The number of halogens is 1. The first-order chi connectivity index (χ1) is 10.2. The Morgan fingerprint density at radius 2 is 2.00 bits per heavy atom. The molecule has 108 valence electrons. The van der Waals surface area contributed by atoms with E-state index in [4.69, 9.17) is 0 Å². The van der Waals surface area contributed by atoms with Crippen LogP contribution in [0, 0.1) is 0 Å². The Labute approximate surface area is 132 Å². The highest BCUT2D eigenvalue weighted by molar-refractivity contribution is 9.10. The van der Waals surface area contributed by atoms with Crippen LogP contribution in [0.4, 0.5) is 11.5 Å². The molecular formula is C16H16BrN3O. The van der Waals surface area contributed by atoms with E-state index < -0.39 is 0 Å². The zero-order chi connectivity index (χ0) is 14.7. The molecule has 3 rings (SSSR count). The van der Waals surface area contributed by atoms with Crippen molar-refractivity contribution in [3.63, 3.8) is 0 Å². The number of carbonyl (C=O) groups excluding carboxylic acids is 1. The number of aromatic nitrogens is 1. The fourth-order valence-corrected chi connectivity index (χ4v) is 2.62. The van der Waals surface area contributed by atoms with Gasteiger partial charge in [-0.1, -0.05) is 12.1 Å². The van der Waals surface area contributed by atoms with Gasteiger partial charge in [-0.15, -0.1) is 0 Å². The molecule has 2 heterocycles. The number of nitrogens with one attached hydrogen (secondary N) is 1. The molecule has 1 aliphatic rings. The molecule has 0 aliphatic carbocycles. The molecule has 0 atom stereocenters. The van der Waals surface area contributed by atoms with E-state index in [1.54, 1.807) is 6.20 Å². The molecule has 1 aliphatic heterocycles. The summed E-state index contributed by atoms with van der Waals surface area (Å²) < 4.78 is 0.965. The third kappa shape index (κ3) is 3.42. The summed E-state index contributed by atoms with van der Waals surface area (Å²) in [4.78, 5) is 17.8. The Morgan fingerprint density at radius 3 is 2.62 bits per heavy atom. The SMILES string of the molecule is O=C1CCCN1c1ccc(CNc2ccc(Br)cn2)cc1. The van der Waals surface area contributed by atoms with Crippen LogP contribution < -0.4 is 10.2 Å². The molecular weight excluding hydrogens is 330 g/mol. The Hall–Kier alpha value is -1.88. The van der Waals surface area contributed by atoms with E-state index in [1.165, 1.54) is 0 Å². The van der Waals surface area contributed by atoms with Crippen molar-refractivity contribution in [3.05, 3.63) is 52.6 Å². The minimum Gasteiger partial charge on any atom is -0.366 e. The maximum atomic E-state index is 11.7. The number of carbonyl (C=O) groups is 1. The van der Waals surface area contributed by atoms with Crippen LogP contribution in [-0.4, -0.2) is 17.4 Å². The predicted octanol–water partition coefficient (Wildman–Crippen LogP) is 3.58. The first kappa shape index (κ1) is 14.1. The summed E-state index contributed by atoms with van der Waals surface area (Å²) >= 11 is 3.36. The van der Waals surface area contributed by atoms with Gasteiger partial charge in [-0.3, -0.25) is 4.79 Å². The Bertz CT molecular complexity index is 625. The van der Waals surface area contributed by atoms with Crippen molar-refractivity contribution in [1.82, 2.24) is 4.98 Å². The van der Waals surface area contributed by atoms with E-state index in [0.717, 1.165) is 34.5 Å². The van der Waals surface area contributed by atoms with Crippen molar-refractivity contribution in [2.24, 2.45) is 0 Å². The maximum absolute atomic E-state index is 11.7. The summed E-state index contributed by atoms with van der Waals surface area (Å²) in [6.45, 7) is 1.54. The Morgan fingerprint density at radius 1 is 1.19 bits per heavy atom. The summed E-state index contributed by atoms with van der Waals surface area (Å²) in [6.07, 6.45) is 3.39. The van der Waals surface area contributed by atoms with Gasteiger partial charge in [0.2, 0.25) is 5.91 Å². The number of amides is 1. The lowest BCUT2D eigenvalue weighted by Gasteiger charge is -2.16. The lowest BCUT2D eigenvalue weighted by molar-refractivity contribution is -0.117. The van der Waals surface area contributed by atoms with Crippen molar-refractivity contribution in [3.8, 4) is 0 Å². The normalized spacial score (nSPS) is 14.5. The zero-order valence-corrected chi connectivity index (χ0v) is 13.1. The monoisotopic (exact) mass is 345 g/mol. The number of rotatable bonds is 4. The van der Waals surface area contributed by atoms with Gasteiger partial charge in [0.25, 0.3) is 0 Å². The number of anilines is 2. The molecule has 2 aromatic rings. The first-order valence-electron chi connectivity index (χ1n) is 6.97. The lowest BCUT2D eigenvalue weighted by Crippen LogP contribution is -2.23. The Balaban J connectivity index is 1.62. The predicted molar refractivity (Wildman–Crippen MR) is 87.3 cm³/mol. The molecule has 0 radical (unpaired) electrons. The first-order valence-corrected chi connectivity index (χ1v) is 7.76. The molecule has 21 heavy (non-hydrogen) atoms. The summed E-state index contributed by atoms with van der Waals surface area (Å²) in [5.74, 6) is 1.07. The molecule has 1 aromatic carbocycles. The van der Waals surface area contributed by atoms with Crippen LogP contribution in [0.1, 0.15) is 18.4 Å². The number of hydrogen-bond acceptors (Lipinski definition) is 3. The van der Waals surface area contributed by atoms with E-state index >= 15 is 0 Å². The summed E-state index contributed by atoms with van der Waals surface area (Å²) in [6, 6.07) is 12.0. The highest BCUT2D eigenvalue weighted by Crippen LogP contribution is 2.21. The van der Waals surface area contributed by atoms with Gasteiger partial charge in [0.1, 0.15) is 5.82 Å². The zero-order valence-electron chi connectivity index (χ0n) is 11.6. The molecule has 0 saturated carbocycles. The molecule has 4 nitrogen and oxygen atoms in total. The topological polar surface area (TPSA) is 45.2 Å². The number of nitrogens with zero attached hydrogens (tertiary/aromatic N) is 2. The smallest absolute Gasteiger partial charge is 0.227 e. The molecule has 1 N–H and O–H groups in total. The second kappa shape index (κ2) is 6.26. The van der Waals surface area contributed by atoms with Gasteiger partial charge >= 0.3 is 0 Å². The molecule has 0 spiro atoms. The molecule has 5 heteroatoms. The molecule has 1 saturated heterocycles. The second-order valence-corrected chi connectivity index (χ2v) is 5.95. The van der Waals surface area contributed by atoms with Gasteiger partial charge < -0.3 is 10.2 Å². The Kier molecular flexibility index (Phi) is 4.20. The van der Waals surface area contributed by atoms with Crippen LogP contribution in [0.5, 0.6) is 0 Å². The van der Waals surface area contributed by atoms with E-state index in [2.05, 4.69) is 26.2 Å². The van der Waals surface area contributed by atoms with Crippen LogP contribution in [0.25, 0.3) is 0 Å². The van der Waals surface area contributed by atoms with Crippen molar-refractivity contribution < 1.29 is 4.79 Å². The third-order valence-corrected chi connectivity index (χ3v) is 3.99. The molecule has 0 bridgehead atoms. The average molecular weight is 346 g/mol. The van der Waals surface area contributed by atoms with Crippen molar-refractivity contribution in [1.29, 1.82) is 0 Å². The molecule has 1 amide bonds. The third-order valence-electron chi connectivity index (χ3n) is 3.52. The van der Waals surface area contributed by atoms with Crippen LogP contribution in [0.2, 0.25) is 0 Å². The van der Waals surface area contributed by atoms with Gasteiger partial charge in [0, 0.05) is 35.9 Å². The van der Waals surface area contributed by atoms with Gasteiger partial charge in [0.15, 0.2) is 0 Å². The summed E-state index contributed by atoms with van der Waals surface area (Å²) in [7, 11) is 0. The summed E-state index contributed by atoms with van der Waals surface area (Å²) in [5, 5.41) is 3.27. The quantitative estimate of drug-likeness (QED) is 0.920.